The fourth-order valence-corrected chi connectivity index (χ4v) is 4.66. The molecule has 0 amide bonds. The van der Waals surface area contributed by atoms with Crippen molar-refractivity contribution in [2.45, 2.75) is 88.9 Å². The molecule has 0 radical (unpaired) electrons. The Labute approximate surface area is 130 Å². The van der Waals surface area contributed by atoms with Crippen LogP contribution in [0.15, 0.2) is 0 Å². The molecule has 1 N–H and O–H groups in total. The van der Waals surface area contributed by atoms with E-state index in [1.807, 2.05) is 0 Å². The molecule has 1 aliphatic carbocycles. The minimum Gasteiger partial charge on any atom is -0.370 e. The molecule has 3 nitrogen and oxygen atoms in total. The SMILES string of the molecule is CCCNCC1CCCN1CC1CCC2(CCCCC2)O1. The zero-order valence-electron chi connectivity index (χ0n) is 13.9. The van der Waals surface area contributed by atoms with Crippen LogP contribution in [0.3, 0.4) is 0 Å². The van der Waals surface area contributed by atoms with Gasteiger partial charge in [-0.15, -0.1) is 0 Å². The van der Waals surface area contributed by atoms with Crippen molar-refractivity contribution in [3.63, 3.8) is 0 Å². The van der Waals surface area contributed by atoms with Gasteiger partial charge in [0.2, 0.25) is 0 Å². The van der Waals surface area contributed by atoms with Gasteiger partial charge in [-0.1, -0.05) is 26.2 Å². The maximum absolute atomic E-state index is 6.56. The van der Waals surface area contributed by atoms with Gasteiger partial charge in [0.05, 0.1) is 11.7 Å². The summed E-state index contributed by atoms with van der Waals surface area (Å²) in [4.78, 5) is 2.70. The highest BCUT2D eigenvalue weighted by atomic mass is 16.5. The predicted molar refractivity (Wildman–Crippen MR) is 87.7 cm³/mol. The van der Waals surface area contributed by atoms with Gasteiger partial charge < -0.3 is 10.1 Å². The van der Waals surface area contributed by atoms with Crippen molar-refractivity contribution in [2.24, 2.45) is 0 Å². The van der Waals surface area contributed by atoms with Crippen LogP contribution in [-0.2, 0) is 4.74 Å². The van der Waals surface area contributed by atoms with Crippen molar-refractivity contribution in [3.05, 3.63) is 0 Å². The summed E-state index contributed by atoms with van der Waals surface area (Å²) in [5, 5.41) is 3.61. The van der Waals surface area contributed by atoms with E-state index in [9.17, 15) is 0 Å². The molecule has 2 heterocycles. The second-order valence-electron chi connectivity index (χ2n) is 7.52. The summed E-state index contributed by atoms with van der Waals surface area (Å²) in [7, 11) is 0. The van der Waals surface area contributed by atoms with Crippen molar-refractivity contribution in [1.82, 2.24) is 10.2 Å². The molecule has 2 aliphatic heterocycles. The van der Waals surface area contributed by atoms with E-state index >= 15 is 0 Å². The van der Waals surface area contributed by atoms with Crippen LogP contribution in [0.25, 0.3) is 0 Å². The van der Waals surface area contributed by atoms with Gasteiger partial charge in [-0.3, -0.25) is 4.90 Å². The molecule has 0 aromatic carbocycles. The molecule has 2 saturated heterocycles. The van der Waals surface area contributed by atoms with E-state index in [2.05, 4.69) is 17.1 Å². The summed E-state index contributed by atoms with van der Waals surface area (Å²) in [6.45, 7) is 7.04. The molecule has 122 valence electrons. The second kappa shape index (κ2) is 7.43. The molecule has 0 aromatic heterocycles. The Morgan fingerprint density at radius 2 is 1.95 bits per heavy atom. The molecule has 21 heavy (non-hydrogen) atoms. The van der Waals surface area contributed by atoms with Crippen LogP contribution in [-0.4, -0.2) is 48.8 Å². The first kappa shape index (κ1) is 15.8. The van der Waals surface area contributed by atoms with Gasteiger partial charge in [0.25, 0.3) is 0 Å². The fourth-order valence-electron chi connectivity index (χ4n) is 4.66. The third-order valence-electron chi connectivity index (χ3n) is 5.85. The summed E-state index contributed by atoms with van der Waals surface area (Å²) in [6, 6.07) is 0.753. The molecule has 0 aromatic rings. The lowest BCUT2D eigenvalue weighted by atomic mass is 9.83. The number of rotatable bonds is 6. The monoisotopic (exact) mass is 294 g/mol. The average Bonchev–Trinajstić information content (AvgIpc) is 3.09. The Kier molecular flexibility index (Phi) is 5.58. The molecule has 2 unspecified atom stereocenters. The first-order chi connectivity index (χ1) is 10.3. The lowest BCUT2D eigenvalue weighted by Gasteiger charge is -2.34. The van der Waals surface area contributed by atoms with E-state index < -0.39 is 0 Å². The van der Waals surface area contributed by atoms with Gasteiger partial charge >= 0.3 is 0 Å². The smallest absolute Gasteiger partial charge is 0.0710 e. The van der Waals surface area contributed by atoms with Gasteiger partial charge in [0, 0.05) is 19.1 Å². The second-order valence-corrected chi connectivity index (χ2v) is 7.52. The van der Waals surface area contributed by atoms with Crippen LogP contribution in [0.4, 0.5) is 0 Å². The number of ether oxygens (including phenoxy) is 1. The van der Waals surface area contributed by atoms with E-state index in [0.29, 0.717) is 11.7 Å². The standard InChI is InChI=1S/C18H34N2O/c1-2-12-19-14-16-7-6-13-20(16)15-17-8-11-18(21-17)9-4-3-5-10-18/h16-17,19H,2-15H2,1H3. The van der Waals surface area contributed by atoms with E-state index in [0.717, 1.165) is 12.6 Å². The predicted octanol–water partition coefficient (Wildman–Crippen LogP) is 3.33. The Bertz CT molecular complexity index is 314. The van der Waals surface area contributed by atoms with Crippen molar-refractivity contribution in [2.75, 3.05) is 26.2 Å². The van der Waals surface area contributed by atoms with Crippen molar-refractivity contribution in [1.29, 1.82) is 0 Å². The minimum atomic E-state index is 0.290. The quantitative estimate of drug-likeness (QED) is 0.761. The van der Waals surface area contributed by atoms with Crippen LogP contribution in [0, 0.1) is 0 Å². The molecule has 0 bridgehead atoms. The normalized spacial score (nSPS) is 33.0. The maximum Gasteiger partial charge on any atom is 0.0710 e. The number of hydrogen-bond donors (Lipinski definition) is 1. The largest absolute Gasteiger partial charge is 0.370 e. The van der Waals surface area contributed by atoms with E-state index in [1.54, 1.807) is 0 Å². The van der Waals surface area contributed by atoms with Crippen LogP contribution in [0.5, 0.6) is 0 Å². The molecular formula is C18H34N2O. The minimum absolute atomic E-state index is 0.290. The molecule has 3 aliphatic rings. The van der Waals surface area contributed by atoms with Gasteiger partial charge in [0.15, 0.2) is 0 Å². The number of hydrogen-bond acceptors (Lipinski definition) is 3. The lowest BCUT2D eigenvalue weighted by Crippen LogP contribution is -2.42. The van der Waals surface area contributed by atoms with Crippen LogP contribution in [0.1, 0.15) is 71.1 Å². The van der Waals surface area contributed by atoms with Crippen LogP contribution in [0.2, 0.25) is 0 Å². The van der Waals surface area contributed by atoms with Crippen molar-refractivity contribution < 1.29 is 4.74 Å². The Morgan fingerprint density at radius 3 is 2.76 bits per heavy atom. The zero-order chi connectivity index (χ0) is 14.5. The zero-order valence-corrected chi connectivity index (χ0v) is 13.9. The summed E-state index contributed by atoms with van der Waals surface area (Å²) < 4.78 is 6.56. The highest BCUT2D eigenvalue weighted by Gasteiger charge is 2.41. The third-order valence-corrected chi connectivity index (χ3v) is 5.85. The van der Waals surface area contributed by atoms with Gasteiger partial charge in [-0.05, 0) is 58.0 Å². The van der Waals surface area contributed by atoms with E-state index in [4.69, 9.17) is 4.74 Å². The third kappa shape index (κ3) is 4.00. The molecule has 1 saturated carbocycles. The summed E-state index contributed by atoms with van der Waals surface area (Å²) in [5.74, 6) is 0. The van der Waals surface area contributed by atoms with Crippen LogP contribution >= 0.6 is 0 Å². The summed E-state index contributed by atoms with van der Waals surface area (Å²) in [6.07, 6.45) is 14.0. The highest BCUT2D eigenvalue weighted by molar-refractivity contribution is 4.93. The van der Waals surface area contributed by atoms with Gasteiger partial charge in [-0.2, -0.15) is 0 Å². The molecule has 2 atom stereocenters. The number of nitrogens with one attached hydrogen (secondary N) is 1. The summed E-state index contributed by atoms with van der Waals surface area (Å²) >= 11 is 0. The van der Waals surface area contributed by atoms with Crippen molar-refractivity contribution >= 4 is 0 Å². The van der Waals surface area contributed by atoms with Crippen molar-refractivity contribution in [3.8, 4) is 0 Å². The van der Waals surface area contributed by atoms with E-state index in [-0.39, 0.29) is 0 Å². The van der Waals surface area contributed by atoms with Gasteiger partial charge in [-0.25, -0.2) is 0 Å². The maximum atomic E-state index is 6.56. The number of nitrogens with zero attached hydrogens (tertiary/aromatic N) is 1. The lowest BCUT2D eigenvalue weighted by molar-refractivity contribution is -0.0726. The fraction of sp³-hybridized carbons (Fsp3) is 1.00. The first-order valence-corrected chi connectivity index (χ1v) is 9.44. The number of likely N-dealkylation sites (tertiary alicyclic amines) is 1. The topological polar surface area (TPSA) is 24.5 Å². The highest BCUT2D eigenvalue weighted by Crippen LogP contribution is 2.42. The van der Waals surface area contributed by atoms with Crippen LogP contribution < -0.4 is 5.32 Å². The summed E-state index contributed by atoms with van der Waals surface area (Å²) in [5.41, 5.74) is 0.290. The van der Waals surface area contributed by atoms with E-state index in [1.165, 1.54) is 83.8 Å². The Balaban J connectivity index is 1.45. The molecule has 3 rings (SSSR count). The molecule has 1 spiro atoms. The Morgan fingerprint density at radius 1 is 1.10 bits per heavy atom. The van der Waals surface area contributed by atoms with Gasteiger partial charge in [0.1, 0.15) is 0 Å². The first-order valence-electron chi connectivity index (χ1n) is 9.44. The molecule has 3 fully saturated rings. The Hall–Kier alpha value is -0.120. The molecular weight excluding hydrogens is 260 g/mol. The molecule has 3 heteroatoms. The average molecular weight is 294 g/mol.